The monoisotopic (exact) mass is 274 g/mol. The van der Waals surface area contributed by atoms with E-state index in [9.17, 15) is 4.79 Å². The Morgan fingerprint density at radius 3 is 2.16 bits per heavy atom. The van der Waals surface area contributed by atoms with Crippen LogP contribution in [0, 0.1) is 0 Å². The molecule has 0 aromatic rings. The highest BCUT2D eigenvalue weighted by Gasteiger charge is 2.17. The molecule has 1 aliphatic rings. The van der Waals surface area contributed by atoms with Crippen molar-refractivity contribution >= 4 is 5.97 Å². The number of esters is 1. The van der Waals surface area contributed by atoms with Gasteiger partial charge in [-0.05, 0) is 0 Å². The van der Waals surface area contributed by atoms with E-state index < -0.39 is 0 Å². The Balaban J connectivity index is 2.00. The summed E-state index contributed by atoms with van der Waals surface area (Å²) in [4.78, 5) is 15.8. The van der Waals surface area contributed by atoms with Gasteiger partial charge in [0.15, 0.2) is 0 Å². The van der Waals surface area contributed by atoms with Gasteiger partial charge in [0.1, 0.15) is 0 Å². The van der Waals surface area contributed by atoms with Crippen molar-refractivity contribution in [1.29, 1.82) is 0 Å². The molecule has 0 aromatic carbocycles. The lowest BCUT2D eigenvalue weighted by atomic mass is 10.3. The highest BCUT2D eigenvalue weighted by Crippen LogP contribution is 2.02. The van der Waals surface area contributed by atoms with Crippen molar-refractivity contribution < 1.29 is 19.0 Å². The number of nitrogens with zero attached hydrogens (tertiary/aromatic N) is 2. The van der Waals surface area contributed by atoms with Crippen LogP contribution in [0.3, 0.4) is 0 Å². The fourth-order valence-electron chi connectivity index (χ4n) is 2.03. The van der Waals surface area contributed by atoms with Crippen LogP contribution in [0.2, 0.25) is 0 Å². The van der Waals surface area contributed by atoms with E-state index in [4.69, 9.17) is 9.47 Å². The molecule has 0 amide bonds. The quantitative estimate of drug-likeness (QED) is 0.430. The van der Waals surface area contributed by atoms with Crippen molar-refractivity contribution in [2.24, 2.45) is 0 Å². The van der Waals surface area contributed by atoms with Crippen molar-refractivity contribution in [3.63, 3.8) is 0 Å². The number of hydrogen-bond donors (Lipinski definition) is 0. The van der Waals surface area contributed by atoms with Gasteiger partial charge in [-0.1, -0.05) is 0 Å². The maximum atomic E-state index is 11.1. The minimum absolute atomic E-state index is 0.131. The summed E-state index contributed by atoms with van der Waals surface area (Å²) in [6, 6.07) is 0. The number of hydrogen-bond acceptors (Lipinski definition) is 6. The van der Waals surface area contributed by atoms with Crippen molar-refractivity contribution in [2.75, 3.05) is 73.3 Å². The summed E-state index contributed by atoms with van der Waals surface area (Å²) in [6.45, 7) is 7.93. The maximum absolute atomic E-state index is 11.1. The van der Waals surface area contributed by atoms with E-state index in [1.54, 1.807) is 7.11 Å². The molecule has 6 nitrogen and oxygen atoms in total. The molecule has 0 bridgehead atoms. The second-order valence-electron chi connectivity index (χ2n) is 4.61. The Morgan fingerprint density at radius 1 is 0.947 bits per heavy atom. The van der Waals surface area contributed by atoms with E-state index in [1.165, 1.54) is 7.11 Å². The van der Waals surface area contributed by atoms with E-state index >= 15 is 0 Å². The normalized spacial score (nSPS) is 17.6. The summed E-state index contributed by atoms with van der Waals surface area (Å²) in [6.07, 6.45) is 0.483. The highest BCUT2D eigenvalue weighted by atomic mass is 16.5. The van der Waals surface area contributed by atoms with Gasteiger partial charge in [0.2, 0.25) is 0 Å². The van der Waals surface area contributed by atoms with Crippen LogP contribution in [0.4, 0.5) is 0 Å². The molecule has 1 aliphatic heterocycles. The lowest BCUT2D eigenvalue weighted by Gasteiger charge is -2.34. The van der Waals surface area contributed by atoms with Crippen LogP contribution >= 0.6 is 0 Å². The lowest BCUT2D eigenvalue weighted by Crippen LogP contribution is -2.47. The predicted octanol–water partition coefficient (Wildman–Crippen LogP) is -0.170. The summed E-state index contributed by atoms with van der Waals surface area (Å²) in [5, 5.41) is 0. The molecule has 112 valence electrons. The second kappa shape index (κ2) is 10.1. The van der Waals surface area contributed by atoms with Gasteiger partial charge in [-0.3, -0.25) is 9.69 Å². The van der Waals surface area contributed by atoms with Gasteiger partial charge >= 0.3 is 5.97 Å². The highest BCUT2D eigenvalue weighted by molar-refractivity contribution is 5.69. The Morgan fingerprint density at radius 2 is 1.58 bits per heavy atom. The molecule has 0 spiro atoms. The number of carbonyl (C=O) groups excluding carboxylic acids is 1. The van der Waals surface area contributed by atoms with E-state index in [1.807, 2.05) is 0 Å². The number of carbonyl (C=O) groups is 1. The molecule has 1 fully saturated rings. The summed E-state index contributed by atoms with van der Waals surface area (Å²) >= 11 is 0. The standard InChI is InChI=1S/C13H26N2O4/c1-17-11-12-19-10-9-15-7-5-14(6-8-15)4-3-13(16)18-2/h3-12H2,1-2H3. The van der Waals surface area contributed by atoms with Crippen molar-refractivity contribution in [3.05, 3.63) is 0 Å². The molecule has 0 atom stereocenters. The average Bonchev–Trinajstić information content (AvgIpc) is 2.45. The van der Waals surface area contributed by atoms with Gasteiger partial charge in [0.05, 0.1) is 33.4 Å². The molecule has 0 radical (unpaired) electrons. The fourth-order valence-corrected chi connectivity index (χ4v) is 2.03. The first-order valence-corrected chi connectivity index (χ1v) is 6.84. The molecule has 1 rings (SSSR count). The van der Waals surface area contributed by atoms with Crippen LogP contribution in [0.15, 0.2) is 0 Å². The number of rotatable bonds is 9. The van der Waals surface area contributed by atoms with Crippen LogP contribution in [0.1, 0.15) is 6.42 Å². The molecular formula is C13H26N2O4. The topological polar surface area (TPSA) is 51.2 Å². The zero-order valence-electron chi connectivity index (χ0n) is 12.1. The van der Waals surface area contributed by atoms with Crippen LogP contribution in [-0.4, -0.2) is 89.1 Å². The molecular weight excluding hydrogens is 248 g/mol. The predicted molar refractivity (Wildman–Crippen MR) is 72.2 cm³/mol. The van der Waals surface area contributed by atoms with Crippen LogP contribution in [0.25, 0.3) is 0 Å². The molecule has 1 heterocycles. The maximum Gasteiger partial charge on any atom is 0.306 e. The third-order valence-corrected chi connectivity index (χ3v) is 3.31. The van der Waals surface area contributed by atoms with Crippen molar-refractivity contribution in [2.45, 2.75) is 6.42 Å². The third-order valence-electron chi connectivity index (χ3n) is 3.31. The number of methoxy groups -OCH3 is 2. The molecule has 1 saturated heterocycles. The summed E-state index contributed by atoms with van der Waals surface area (Å²) in [7, 11) is 3.11. The molecule has 0 aromatic heterocycles. The third kappa shape index (κ3) is 7.47. The van der Waals surface area contributed by atoms with E-state index in [2.05, 4.69) is 14.5 Å². The van der Waals surface area contributed by atoms with Crippen LogP contribution in [-0.2, 0) is 19.0 Å². The molecule has 0 saturated carbocycles. The smallest absolute Gasteiger partial charge is 0.306 e. The Hall–Kier alpha value is -0.690. The number of ether oxygens (including phenoxy) is 3. The van der Waals surface area contributed by atoms with E-state index in [-0.39, 0.29) is 5.97 Å². The Kier molecular flexibility index (Phi) is 8.73. The average molecular weight is 274 g/mol. The molecule has 6 heteroatoms. The first-order valence-electron chi connectivity index (χ1n) is 6.84. The Labute approximate surface area is 115 Å². The van der Waals surface area contributed by atoms with Crippen LogP contribution in [0.5, 0.6) is 0 Å². The van der Waals surface area contributed by atoms with Gasteiger partial charge in [-0.25, -0.2) is 0 Å². The second-order valence-corrected chi connectivity index (χ2v) is 4.61. The van der Waals surface area contributed by atoms with Crippen LogP contribution < -0.4 is 0 Å². The molecule has 0 aliphatic carbocycles. The van der Waals surface area contributed by atoms with Crippen molar-refractivity contribution in [1.82, 2.24) is 9.80 Å². The zero-order chi connectivity index (χ0) is 13.9. The van der Waals surface area contributed by atoms with E-state index in [0.29, 0.717) is 19.6 Å². The van der Waals surface area contributed by atoms with Gasteiger partial charge in [0, 0.05) is 46.4 Å². The van der Waals surface area contributed by atoms with Crippen molar-refractivity contribution in [3.8, 4) is 0 Å². The SMILES string of the molecule is COCCOCCN1CCN(CCC(=O)OC)CC1. The number of piperazine rings is 1. The van der Waals surface area contributed by atoms with Gasteiger partial charge in [-0.2, -0.15) is 0 Å². The molecule has 19 heavy (non-hydrogen) atoms. The lowest BCUT2D eigenvalue weighted by molar-refractivity contribution is -0.141. The summed E-state index contributed by atoms with van der Waals surface area (Å²) in [5.74, 6) is -0.131. The minimum Gasteiger partial charge on any atom is -0.469 e. The minimum atomic E-state index is -0.131. The largest absolute Gasteiger partial charge is 0.469 e. The molecule has 0 unspecified atom stereocenters. The summed E-state index contributed by atoms with van der Waals surface area (Å²) < 4.78 is 15.0. The Bertz CT molecular complexity index is 243. The van der Waals surface area contributed by atoms with Gasteiger partial charge in [0.25, 0.3) is 0 Å². The molecule has 0 N–H and O–H groups in total. The fraction of sp³-hybridized carbons (Fsp3) is 0.923. The van der Waals surface area contributed by atoms with Gasteiger partial charge < -0.3 is 19.1 Å². The zero-order valence-corrected chi connectivity index (χ0v) is 12.1. The van der Waals surface area contributed by atoms with E-state index in [0.717, 1.165) is 45.9 Å². The first-order chi connectivity index (χ1) is 9.26. The van der Waals surface area contributed by atoms with Gasteiger partial charge in [-0.15, -0.1) is 0 Å². The first kappa shape index (κ1) is 16.4. The summed E-state index contributed by atoms with van der Waals surface area (Å²) in [5.41, 5.74) is 0.